The molecule has 2 aliphatic rings. The summed E-state index contributed by atoms with van der Waals surface area (Å²) < 4.78 is 4.91. The molecule has 2 rings (SSSR count). The summed E-state index contributed by atoms with van der Waals surface area (Å²) in [5, 5.41) is 27.3. The number of aliphatic hydroxyl groups is 3. The molecule has 3 N–H and O–H groups in total. The maximum absolute atomic E-state index is 9.12. The quantitative estimate of drug-likeness (QED) is 0.354. The molecule has 0 amide bonds. The minimum absolute atomic E-state index is 0.224. The summed E-state index contributed by atoms with van der Waals surface area (Å²) in [6.45, 7) is 0. The number of hydrogen-bond acceptors (Lipinski definition) is 4. The lowest BCUT2D eigenvalue weighted by Crippen LogP contribution is -2.42. The molecule has 0 unspecified atom stereocenters. The van der Waals surface area contributed by atoms with E-state index >= 15 is 0 Å². The van der Waals surface area contributed by atoms with Gasteiger partial charge in [0.1, 0.15) is 18.3 Å². The first kappa shape index (κ1) is 6.54. The Balaban J connectivity index is 2.05. The number of ether oxygens (including phenoxy) is 1. The van der Waals surface area contributed by atoms with E-state index in [4.69, 9.17) is 20.1 Å². The van der Waals surface area contributed by atoms with Crippen LogP contribution in [-0.2, 0) is 4.74 Å². The van der Waals surface area contributed by atoms with Crippen LogP contribution in [0.4, 0.5) is 0 Å². The van der Waals surface area contributed by atoms with Crippen LogP contribution >= 0.6 is 0 Å². The number of epoxide rings is 1. The second-order valence-corrected chi connectivity index (χ2v) is 2.93. The van der Waals surface area contributed by atoms with Crippen molar-refractivity contribution in [2.24, 2.45) is 0 Å². The van der Waals surface area contributed by atoms with Gasteiger partial charge in [0.25, 0.3) is 0 Å². The highest BCUT2D eigenvalue weighted by Crippen LogP contribution is 2.36. The smallest absolute Gasteiger partial charge is 0.115 e. The van der Waals surface area contributed by atoms with Crippen LogP contribution in [0.15, 0.2) is 0 Å². The molecule has 0 bridgehead atoms. The van der Waals surface area contributed by atoms with Gasteiger partial charge in [0.05, 0.1) is 12.2 Å². The van der Waals surface area contributed by atoms with E-state index in [1.807, 2.05) is 0 Å². The zero-order valence-electron chi connectivity index (χ0n) is 5.34. The lowest BCUT2D eigenvalue weighted by molar-refractivity contribution is -0.0336. The first-order chi connectivity index (χ1) is 4.70. The predicted molar refractivity (Wildman–Crippen MR) is 31.3 cm³/mol. The van der Waals surface area contributed by atoms with Gasteiger partial charge < -0.3 is 20.1 Å². The molecular weight excluding hydrogens is 136 g/mol. The SMILES string of the molecule is O[C@@H]1[C@H]2O[C@H]2[C@H](O)C[C@H]1O. The van der Waals surface area contributed by atoms with Gasteiger partial charge in [0, 0.05) is 6.42 Å². The standard InChI is InChI=1S/C6H10O4/c7-2-1-3(8)5-6(10-5)4(2)9/h2-9H,1H2/t2-,3-,4+,5+,6-/m1/s1. The second-order valence-electron chi connectivity index (χ2n) is 2.93. The van der Waals surface area contributed by atoms with E-state index in [1.165, 1.54) is 0 Å². The highest BCUT2D eigenvalue weighted by molar-refractivity contribution is 5.03. The summed E-state index contributed by atoms with van der Waals surface area (Å²) in [7, 11) is 0. The summed E-state index contributed by atoms with van der Waals surface area (Å²) in [5.41, 5.74) is 0. The molecule has 2 fully saturated rings. The molecule has 1 saturated carbocycles. The Hall–Kier alpha value is -0.160. The van der Waals surface area contributed by atoms with Crippen molar-refractivity contribution in [3.8, 4) is 0 Å². The average molecular weight is 146 g/mol. The van der Waals surface area contributed by atoms with E-state index in [0.717, 1.165) is 0 Å². The number of rotatable bonds is 0. The van der Waals surface area contributed by atoms with Gasteiger partial charge in [-0.3, -0.25) is 0 Å². The first-order valence-corrected chi connectivity index (χ1v) is 3.40. The fourth-order valence-electron chi connectivity index (χ4n) is 1.46. The largest absolute Gasteiger partial charge is 0.390 e. The predicted octanol–water partition coefficient (Wildman–Crippen LogP) is -1.76. The molecule has 0 aromatic carbocycles. The fourth-order valence-corrected chi connectivity index (χ4v) is 1.46. The van der Waals surface area contributed by atoms with Crippen LogP contribution in [0, 0.1) is 0 Å². The summed E-state index contributed by atoms with van der Waals surface area (Å²) in [4.78, 5) is 0. The Kier molecular flexibility index (Phi) is 1.25. The molecule has 0 spiro atoms. The Bertz CT molecular complexity index is 147. The van der Waals surface area contributed by atoms with Crippen molar-refractivity contribution in [2.45, 2.75) is 36.9 Å². The first-order valence-electron chi connectivity index (χ1n) is 3.40. The summed E-state index contributed by atoms with van der Waals surface area (Å²) in [6, 6.07) is 0. The van der Waals surface area contributed by atoms with Gasteiger partial charge in [-0.2, -0.15) is 0 Å². The molecule has 1 aliphatic carbocycles. The average Bonchev–Trinajstić information content (AvgIpc) is 2.61. The molecule has 58 valence electrons. The van der Waals surface area contributed by atoms with Gasteiger partial charge in [-0.15, -0.1) is 0 Å². The molecule has 4 heteroatoms. The third-order valence-electron chi connectivity index (χ3n) is 2.15. The maximum Gasteiger partial charge on any atom is 0.115 e. The van der Waals surface area contributed by atoms with Crippen LogP contribution in [-0.4, -0.2) is 45.8 Å². The van der Waals surface area contributed by atoms with Gasteiger partial charge >= 0.3 is 0 Å². The van der Waals surface area contributed by atoms with Crippen molar-refractivity contribution in [3.05, 3.63) is 0 Å². The van der Waals surface area contributed by atoms with Crippen molar-refractivity contribution >= 4 is 0 Å². The van der Waals surface area contributed by atoms with Crippen molar-refractivity contribution in [3.63, 3.8) is 0 Å². The molecule has 0 aromatic heterocycles. The highest BCUT2D eigenvalue weighted by atomic mass is 16.6. The van der Waals surface area contributed by atoms with Gasteiger partial charge in [0.2, 0.25) is 0 Å². The molecule has 10 heavy (non-hydrogen) atoms. The summed E-state index contributed by atoms with van der Waals surface area (Å²) >= 11 is 0. The van der Waals surface area contributed by atoms with Crippen LogP contribution in [0.2, 0.25) is 0 Å². The minimum atomic E-state index is -0.821. The number of aliphatic hydroxyl groups excluding tert-OH is 3. The van der Waals surface area contributed by atoms with Gasteiger partial charge in [0.15, 0.2) is 0 Å². The molecule has 1 heterocycles. The highest BCUT2D eigenvalue weighted by Gasteiger charge is 2.55. The van der Waals surface area contributed by atoms with Gasteiger partial charge in [-0.25, -0.2) is 0 Å². The third-order valence-corrected chi connectivity index (χ3v) is 2.15. The van der Waals surface area contributed by atoms with Crippen molar-refractivity contribution in [1.29, 1.82) is 0 Å². The van der Waals surface area contributed by atoms with Crippen molar-refractivity contribution in [1.82, 2.24) is 0 Å². The van der Waals surface area contributed by atoms with E-state index in [1.54, 1.807) is 0 Å². The van der Waals surface area contributed by atoms with E-state index < -0.39 is 18.3 Å². The molecular formula is C6H10O4. The molecule has 1 saturated heterocycles. The van der Waals surface area contributed by atoms with Crippen LogP contribution in [0.5, 0.6) is 0 Å². The molecule has 1 aliphatic heterocycles. The molecule has 5 atom stereocenters. The van der Waals surface area contributed by atoms with Gasteiger partial charge in [-0.05, 0) is 0 Å². The normalized spacial score (nSPS) is 59.7. The van der Waals surface area contributed by atoms with E-state index in [-0.39, 0.29) is 18.6 Å². The Morgan fingerprint density at radius 1 is 1.00 bits per heavy atom. The second kappa shape index (κ2) is 1.92. The van der Waals surface area contributed by atoms with Crippen LogP contribution in [0.1, 0.15) is 6.42 Å². The van der Waals surface area contributed by atoms with E-state index in [2.05, 4.69) is 0 Å². The Labute approximate surface area is 58.0 Å². The Morgan fingerprint density at radius 3 is 2.40 bits per heavy atom. The zero-order chi connectivity index (χ0) is 7.30. The fraction of sp³-hybridized carbons (Fsp3) is 1.00. The monoisotopic (exact) mass is 146 g/mol. The number of fused-ring (bicyclic) bond motifs is 1. The number of hydrogen-bond donors (Lipinski definition) is 3. The lowest BCUT2D eigenvalue weighted by atomic mass is 9.93. The minimum Gasteiger partial charge on any atom is -0.390 e. The van der Waals surface area contributed by atoms with Crippen LogP contribution in [0.3, 0.4) is 0 Å². The molecule has 0 aromatic rings. The topological polar surface area (TPSA) is 73.2 Å². The molecule has 4 nitrogen and oxygen atoms in total. The van der Waals surface area contributed by atoms with Crippen molar-refractivity contribution < 1.29 is 20.1 Å². The summed E-state index contributed by atoms with van der Waals surface area (Å²) in [5.74, 6) is 0. The Morgan fingerprint density at radius 2 is 1.70 bits per heavy atom. The summed E-state index contributed by atoms with van der Waals surface area (Å²) in [6.07, 6.45) is -2.53. The molecule has 0 radical (unpaired) electrons. The van der Waals surface area contributed by atoms with Crippen molar-refractivity contribution in [2.75, 3.05) is 0 Å². The van der Waals surface area contributed by atoms with Crippen LogP contribution in [0.25, 0.3) is 0 Å². The van der Waals surface area contributed by atoms with Gasteiger partial charge in [-0.1, -0.05) is 0 Å². The van der Waals surface area contributed by atoms with Crippen LogP contribution < -0.4 is 0 Å². The van der Waals surface area contributed by atoms with E-state index in [0.29, 0.717) is 0 Å². The zero-order valence-corrected chi connectivity index (χ0v) is 5.34. The van der Waals surface area contributed by atoms with E-state index in [9.17, 15) is 0 Å². The third kappa shape index (κ3) is 0.769. The lowest BCUT2D eigenvalue weighted by Gasteiger charge is -2.22. The maximum atomic E-state index is 9.12.